The van der Waals surface area contributed by atoms with E-state index in [1.807, 2.05) is 37.3 Å². The average molecular weight is 262 g/mol. The summed E-state index contributed by atoms with van der Waals surface area (Å²) in [6.07, 6.45) is 3.49. The van der Waals surface area contributed by atoms with Crippen LogP contribution < -0.4 is 0 Å². The molecule has 0 atom stereocenters. The zero-order chi connectivity index (χ0) is 14.2. The Morgan fingerprint density at radius 1 is 0.800 bits per heavy atom. The number of hydrogen-bond acceptors (Lipinski definition) is 2. The van der Waals surface area contributed by atoms with E-state index in [0.29, 0.717) is 11.1 Å². The lowest BCUT2D eigenvalue weighted by atomic mass is 9.76. The van der Waals surface area contributed by atoms with Crippen molar-refractivity contribution >= 4 is 11.6 Å². The summed E-state index contributed by atoms with van der Waals surface area (Å²) in [5.41, 5.74) is 0.558. The first-order valence-electron chi connectivity index (χ1n) is 6.60. The van der Waals surface area contributed by atoms with Crippen LogP contribution in [0.2, 0.25) is 0 Å². The molecule has 98 valence electrons. The van der Waals surface area contributed by atoms with Gasteiger partial charge >= 0.3 is 0 Å². The molecular formula is C18H14O2. The molecule has 0 amide bonds. The topological polar surface area (TPSA) is 34.1 Å². The van der Waals surface area contributed by atoms with E-state index in [2.05, 4.69) is 0 Å². The van der Waals surface area contributed by atoms with Crippen LogP contribution in [0.4, 0.5) is 0 Å². The minimum Gasteiger partial charge on any atom is -0.292 e. The van der Waals surface area contributed by atoms with Gasteiger partial charge in [0.1, 0.15) is 5.41 Å². The van der Waals surface area contributed by atoms with Crippen LogP contribution >= 0.6 is 0 Å². The summed E-state index contributed by atoms with van der Waals surface area (Å²) in [4.78, 5) is 25.7. The molecular weight excluding hydrogens is 248 g/mol. The maximum absolute atomic E-state index is 12.8. The molecule has 1 aliphatic rings. The van der Waals surface area contributed by atoms with Gasteiger partial charge in [0.15, 0.2) is 11.6 Å². The van der Waals surface area contributed by atoms with Gasteiger partial charge in [0.05, 0.1) is 0 Å². The molecule has 0 fully saturated rings. The highest BCUT2D eigenvalue weighted by Crippen LogP contribution is 2.40. The van der Waals surface area contributed by atoms with E-state index >= 15 is 0 Å². The number of carbonyl (C=O) groups excluding carboxylic acids is 2. The molecule has 20 heavy (non-hydrogen) atoms. The van der Waals surface area contributed by atoms with Crippen LogP contribution in [0.1, 0.15) is 33.2 Å². The van der Waals surface area contributed by atoms with Crippen LogP contribution in [-0.2, 0) is 5.41 Å². The van der Waals surface area contributed by atoms with E-state index in [-0.39, 0.29) is 11.6 Å². The van der Waals surface area contributed by atoms with Gasteiger partial charge in [0.2, 0.25) is 0 Å². The molecule has 0 saturated heterocycles. The molecule has 0 aliphatic heterocycles. The third-order valence-electron chi connectivity index (χ3n) is 3.78. The fourth-order valence-corrected chi connectivity index (χ4v) is 2.87. The van der Waals surface area contributed by atoms with E-state index in [9.17, 15) is 9.59 Å². The largest absolute Gasteiger partial charge is 0.292 e. The van der Waals surface area contributed by atoms with Gasteiger partial charge in [-0.15, -0.1) is 0 Å². The second-order valence-electron chi connectivity index (χ2n) is 4.88. The molecule has 2 aromatic rings. The van der Waals surface area contributed by atoms with Crippen LogP contribution in [0.15, 0.2) is 66.7 Å². The van der Waals surface area contributed by atoms with Crippen LogP contribution in [0.25, 0.3) is 0 Å². The van der Waals surface area contributed by atoms with Gasteiger partial charge in [0.25, 0.3) is 0 Å². The highest BCUT2D eigenvalue weighted by Gasteiger charge is 2.52. The number of allylic oxidation sites excluding steroid dienone is 2. The van der Waals surface area contributed by atoms with E-state index in [0.717, 1.165) is 5.56 Å². The third-order valence-corrected chi connectivity index (χ3v) is 3.78. The number of hydrogen-bond donors (Lipinski definition) is 0. The number of ketones is 2. The quantitative estimate of drug-likeness (QED) is 0.612. The van der Waals surface area contributed by atoms with Crippen molar-refractivity contribution in [1.82, 2.24) is 0 Å². The summed E-state index contributed by atoms with van der Waals surface area (Å²) in [5, 5.41) is 0. The monoisotopic (exact) mass is 262 g/mol. The highest BCUT2D eigenvalue weighted by atomic mass is 16.2. The van der Waals surface area contributed by atoms with Crippen LogP contribution in [-0.4, -0.2) is 11.6 Å². The molecule has 2 nitrogen and oxygen atoms in total. The summed E-state index contributed by atoms with van der Waals surface area (Å²) in [6.45, 7) is 1.83. The van der Waals surface area contributed by atoms with Crippen molar-refractivity contribution in [2.45, 2.75) is 12.3 Å². The Kier molecular flexibility index (Phi) is 2.87. The molecule has 0 spiro atoms. The predicted octanol–water partition coefficient (Wildman–Crippen LogP) is 3.58. The second-order valence-corrected chi connectivity index (χ2v) is 4.88. The Bertz CT molecular complexity index is 676. The van der Waals surface area contributed by atoms with Crippen molar-refractivity contribution in [2.75, 3.05) is 0 Å². The Morgan fingerprint density at radius 3 is 1.80 bits per heavy atom. The number of carbonyl (C=O) groups is 2. The first kappa shape index (κ1) is 12.5. The van der Waals surface area contributed by atoms with E-state index < -0.39 is 5.41 Å². The van der Waals surface area contributed by atoms with Gasteiger partial charge in [0, 0.05) is 11.1 Å². The Labute approximate surface area is 117 Å². The zero-order valence-corrected chi connectivity index (χ0v) is 11.2. The lowest BCUT2D eigenvalue weighted by molar-refractivity contribution is 0.0835. The minimum atomic E-state index is -1.19. The maximum Gasteiger partial charge on any atom is 0.185 e. The molecule has 1 aliphatic carbocycles. The smallest absolute Gasteiger partial charge is 0.185 e. The Morgan fingerprint density at radius 2 is 1.30 bits per heavy atom. The van der Waals surface area contributed by atoms with Gasteiger partial charge < -0.3 is 0 Å². The second kappa shape index (κ2) is 4.57. The van der Waals surface area contributed by atoms with E-state index in [4.69, 9.17) is 0 Å². The Balaban J connectivity index is 2.30. The van der Waals surface area contributed by atoms with Gasteiger partial charge in [-0.25, -0.2) is 0 Å². The first-order chi connectivity index (χ1) is 9.71. The van der Waals surface area contributed by atoms with Crippen molar-refractivity contribution in [3.63, 3.8) is 0 Å². The van der Waals surface area contributed by atoms with Crippen molar-refractivity contribution in [2.24, 2.45) is 0 Å². The highest BCUT2D eigenvalue weighted by molar-refractivity contribution is 6.34. The van der Waals surface area contributed by atoms with Crippen molar-refractivity contribution in [3.8, 4) is 0 Å². The van der Waals surface area contributed by atoms with Crippen molar-refractivity contribution in [1.29, 1.82) is 0 Å². The standard InChI is InChI=1S/C18H14O2/c1-2-12-18(13-8-4-3-5-9-13)16(19)14-10-6-7-11-15(14)17(18)20/h2-12H,1H3/b12-2-. The molecule has 0 aromatic heterocycles. The fraction of sp³-hybridized carbons (Fsp3) is 0.111. The van der Waals surface area contributed by atoms with Gasteiger partial charge in [-0.2, -0.15) is 0 Å². The summed E-state index contributed by atoms with van der Waals surface area (Å²) in [5.74, 6) is -0.273. The van der Waals surface area contributed by atoms with Crippen molar-refractivity contribution in [3.05, 3.63) is 83.4 Å². The fourth-order valence-electron chi connectivity index (χ4n) is 2.87. The Hall–Kier alpha value is -2.48. The number of rotatable bonds is 2. The average Bonchev–Trinajstić information content (AvgIpc) is 2.72. The van der Waals surface area contributed by atoms with Crippen LogP contribution in [0, 0.1) is 0 Å². The molecule has 0 radical (unpaired) electrons. The predicted molar refractivity (Wildman–Crippen MR) is 78.0 cm³/mol. The SMILES string of the molecule is C/C=C\C1(c2ccccc2)C(=O)c2ccccc2C1=O. The molecule has 0 unspecified atom stereocenters. The summed E-state index contributed by atoms with van der Waals surface area (Å²) in [7, 11) is 0. The molecule has 3 rings (SSSR count). The first-order valence-corrected chi connectivity index (χ1v) is 6.60. The zero-order valence-electron chi connectivity index (χ0n) is 11.2. The van der Waals surface area contributed by atoms with E-state index in [1.165, 1.54) is 0 Å². The maximum atomic E-state index is 12.8. The molecule has 0 heterocycles. The van der Waals surface area contributed by atoms with Gasteiger partial charge in [-0.3, -0.25) is 9.59 Å². The minimum absolute atomic E-state index is 0.137. The number of Topliss-reactive ketones (excluding diaryl/α,β-unsaturated/α-hetero) is 2. The number of benzene rings is 2. The lowest BCUT2D eigenvalue weighted by Crippen LogP contribution is -2.36. The van der Waals surface area contributed by atoms with Crippen LogP contribution in [0.5, 0.6) is 0 Å². The van der Waals surface area contributed by atoms with Crippen molar-refractivity contribution < 1.29 is 9.59 Å². The van der Waals surface area contributed by atoms with Gasteiger partial charge in [-0.1, -0.05) is 66.7 Å². The van der Waals surface area contributed by atoms with Crippen LogP contribution in [0.3, 0.4) is 0 Å². The summed E-state index contributed by atoms with van der Waals surface area (Å²) >= 11 is 0. The normalized spacial score (nSPS) is 16.6. The molecule has 0 bridgehead atoms. The number of fused-ring (bicyclic) bond motifs is 1. The van der Waals surface area contributed by atoms with Gasteiger partial charge in [-0.05, 0) is 12.5 Å². The summed E-state index contributed by atoms with van der Waals surface area (Å²) in [6, 6.07) is 16.3. The molecule has 2 aromatic carbocycles. The molecule has 0 saturated carbocycles. The summed E-state index contributed by atoms with van der Waals surface area (Å²) < 4.78 is 0. The van der Waals surface area contributed by atoms with E-state index in [1.54, 1.807) is 36.4 Å². The third kappa shape index (κ3) is 1.51. The molecule has 2 heteroatoms. The molecule has 0 N–H and O–H groups in total. The lowest BCUT2D eigenvalue weighted by Gasteiger charge is -2.22.